The van der Waals surface area contributed by atoms with Crippen molar-refractivity contribution in [1.29, 1.82) is 0 Å². The Bertz CT molecular complexity index is 537. The van der Waals surface area contributed by atoms with Gasteiger partial charge in [0.1, 0.15) is 0 Å². The summed E-state index contributed by atoms with van der Waals surface area (Å²) in [7, 11) is 0. The van der Waals surface area contributed by atoms with Gasteiger partial charge in [-0.25, -0.2) is 0 Å². The average molecular weight is 274 g/mol. The Labute approximate surface area is 119 Å². The van der Waals surface area contributed by atoms with Crippen LogP contribution in [0.1, 0.15) is 43.1 Å². The van der Waals surface area contributed by atoms with Crippen molar-refractivity contribution >= 4 is 17.4 Å². The maximum absolute atomic E-state index is 12.3. The van der Waals surface area contributed by atoms with Gasteiger partial charge in [-0.05, 0) is 43.7 Å². The molecule has 0 saturated heterocycles. The molecule has 0 bridgehead atoms. The van der Waals surface area contributed by atoms with Crippen LogP contribution >= 0.6 is 0 Å². The van der Waals surface area contributed by atoms with Crippen molar-refractivity contribution in [3.8, 4) is 0 Å². The second-order valence-corrected chi connectivity index (χ2v) is 5.72. The van der Waals surface area contributed by atoms with Crippen LogP contribution in [0.5, 0.6) is 0 Å². The zero-order valence-corrected chi connectivity index (χ0v) is 12.3. The van der Waals surface area contributed by atoms with E-state index in [4.69, 9.17) is 5.73 Å². The zero-order chi connectivity index (χ0) is 14.9. The molecule has 1 aliphatic heterocycles. The predicted molar refractivity (Wildman–Crippen MR) is 79.9 cm³/mol. The highest BCUT2D eigenvalue weighted by atomic mass is 16.2. The van der Waals surface area contributed by atoms with Crippen molar-refractivity contribution < 1.29 is 9.59 Å². The van der Waals surface area contributed by atoms with Crippen LogP contribution in [0.3, 0.4) is 0 Å². The lowest BCUT2D eigenvalue weighted by atomic mass is 10.0. The SMILES string of the molecule is CC(C)C(=O)N1c2ccc(C(=O)CCN)cc2CC1C. The molecule has 20 heavy (non-hydrogen) atoms. The third-order valence-electron chi connectivity index (χ3n) is 3.72. The Balaban J connectivity index is 2.32. The third-order valence-corrected chi connectivity index (χ3v) is 3.72. The first kappa shape index (κ1) is 14.7. The molecule has 0 saturated carbocycles. The fourth-order valence-electron chi connectivity index (χ4n) is 2.69. The molecule has 0 radical (unpaired) electrons. The molecule has 1 heterocycles. The second-order valence-electron chi connectivity index (χ2n) is 5.72. The van der Waals surface area contributed by atoms with Crippen molar-refractivity contribution in [1.82, 2.24) is 0 Å². The summed E-state index contributed by atoms with van der Waals surface area (Å²) in [5.41, 5.74) is 8.14. The molecular formula is C16H22N2O2. The summed E-state index contributed by atoms with van der Waals surface area (Å²) in [5, 5.41) is 0. The van der Waals surface area contributed by atoms with Crippen LogP contribution in [0, 0.1) is 5.92 Å². The van der Waals surface area contributed by atoms with E-state index in [1.54, 1.807) is 6.07 Å². The van der Waals surface area contributed by atoms with E-state index in [2.05, 4.69) is 0 Å². The van der Waals surface area contributed by atoms with Crippen molar-refractivity contribution in [2.75, 3.05) is 11.4 Å². The summed E-state index contributed by atoms with van der Waals surface area (Å²) in [6.45, 7) is 6.23. The first-order chi connectivity index (χ1) is 9.45. The summed E-state index contributed by atoms with van der Waals surface area (Å²) < 4.78 is 0. The Morgan fingerprint density at radius 3 is 2.70 bits per heavy atom. The van der Waals surface area contributed by atoms with Gasteiger partial charge < -0.3 is 10.6 Å². The van der Waals surface area contributed by atoms with Crippen LogP contribution in [0.25, 0.3) is 0 Å². The van der Waals surface area contributed by atoms with Crippen LogP contribution in [0.15, 0.2) is 18.2 Å². The van der Waals surface area contributed by atoms with Crippen molar-refractivity contribution in [2.45, 2.75) is 39.7 Å². The standard InChI is InChI=1S/C16H22N2O2/c1-10(2)16(20)18-11(3)8-13-9-12(4-5-14(13)18)15(19)6-7-17/h4-5,9-11H,6-8,17H2,1-3H3. The molecule has 4 heteroatoms. The molecule has 0 aromatic heterocycles. The topological polar surface area (TPSA) is 63.4 Å². The van der Waals surface area contributed by atoms with Gasteiger partial charge in [0.25, 0.3) is 0 Å². The number of fused-ring (bicyclic) bond motifs is 1. The van der Waals surface area contributed by atoms with Gasteiger partial charge in [0, 0.05) is 29.6 Å². The number of nitrogens with two attached hydrogens (primary N) is 1. The van der Waals surface area contributed by atoms with Crippen LogP contribution in [-0.2, 0) is 11.2 Å². The minimum Gasteiger partial charge on any atom is -0.330 e. The predicted octanol–water partition coefficient (Wildman–Crippen LogP) is 2.15. The van der Waals surface area contributed by atoms with Gasteiger partial charge in [-0.3, -0.25) is 9.59 Å². The van der Waals surface area contributed by atoms with Gasteiger partial charge in [0.2, 0.25) is 5.91 Å². The molecule has 4 nitrogen and oxygen atoms in total. The largest absolute Gasteiger partial charge is 0.330 e. The van der Waals surface area contributed by atoms with Gasteiger partial charge in [-0.2, -0.15) is 0 Å². The lowest BCUT2D eigenvalue weighted by molar-refractivity contribution is -0.121. The lowest BCUT2D eigenvalue weighted by Crippen LogP contribution is -2.38. The number of benzene rings is 1. The first-order valence-electron chi connectivity index (χ1n) is 7.15. The Morgan fingerprint density at radius 1 is 1.40 bits per heavy atom. The molecule has 0 spiro atoms. The lowest BCUT2D eigenvalue weighted by Gasteiger charge is -2.24. The molecule has 1 aromatic rings. The molecule has 0 aliphatic carbocycles. The van der Waals surface area contributed by atoms with E-state index in [0.717, 1.165) is 17.7 Å². The van der Waals surface area contributed by atoms with Gasteiger partial charge in [0.05, 0.1) is 0 Å². The summed E-state index contributed by atoms with van der Waals surface area (Å²) in [6.07, 6.45) is 1.17. The molecule has 1 aromatic carbocycles. The van der Waals surface area contributed by atoms with Gasteiger partial charge in [-0.1, -0.05) is 13.8 Å². The summed E-state index contributed by atoms with van der Waals surface area (Å²) in [6, 6.07) is 5.76. The van der Waals surface area contributed by atoms with Crippen molar-refractivity contribution in [3.63, 3.8) is 0 Å². The molecule has 2 rings (SSSR count). The maximum atomic E-state index is 12.3. The minimum absolute atomic E-state index is 0.0260. The molecule has 1 amide bonds. The van der Waals surface area contributed by atoms with Gasteiger partial charge in [-0.15, -0.1) is 0 Å². The highest BCUT2D eigenvalue weighted by molar-refractivity contribution is 6.00. The fourth-order valence-corrected chi connectivity index (χ4v) is 2.69. The fraction of sp³-hybridized carbons (Fsp3) is 0.500. The van der Waals surface area contributed by atoms with Crippen LogP contribution in [0.2, 0.25) is 0 Å². The van der Waals surface area contributed by atoms with E-state index in [-0.39, 0.29) is 23.7 Å². The second kappa shape index (κ2) is 5.75. The highest BCUT2D eigenvalue weighted by Crippen LogP contribution is 2.34. The van der Waals surface area contributed by atoms with E-state index >= 15 is 0 Å². The molecule has 108 valence electrons. The highest BCUT2D eigenvalue weighted by Gasteiger charge is 2.32. The van der Waals surface area contributed by atoms with E-state index in [1.807, 2.05) is 37.8 Å². The van der Waals surface area contributed by atoms with Gasteiger partial charge >= 0.3 is 0 Å². The summed E-state index contributed by atoms with van der Waals surface area (Å²) >= 11 is 0. The zero-order valence-electron chi connectivity index (χ0n) is 12.3. The molecule has 1 aliphatic rings. The molecule has 0 fully saturated rings. The van der Waals surface area contributed by atoms with E-state index in [9.17, 15) is 9.59 Å². The van der Waals surface area contributed by atoms with Crippen molar-refractivity contribution in [3.05, 3.63) is 29.3 Å². The molecular weight excluding hydrogens is 252 g/mol. The number of nitrogens with zero attached hydrogens (tertiary/aromatic N) is 1. The number of Topliss-reactive ketones (excluding diaryl/α,β-unsaturated/α-hetero) is 1. The normalized spacial score (nSPS) is 17.4. The number of hydrogen-bond donors (Lipinski definition) is 1. The number of anilines is 1. The van der Waals surface area contributed by atoms with E-state index in [0.29, 0.717) is 18.5 Å². The van der Waals surface area contributed by atoms with Gasteiger partial charge in [0.15, 0.2) is 5.78 Å². The summed E-state index contributed by atoms with van der Waals surface area (Å²) in [5.74, 6) is 0.177. The number of rotatable bonds is 4. The quantitative estimate of drug-likeness (QED) is 0.856. The Hall–Kier alpha value is -1.68. The smallest absolute Gasteiger partial charge is 0.229 e. The van der Waals surface area contributed by atoms with Crippen LogP contribution < -0.4 is 10.6 Å². The van der Waals surface area contributed by atoms with E-state index < -0.39 is 0 Å². The molecule has 2 N–H and O–H groups in total. The van der Waals surface area contributed by atoms with E-state index in [1.165, 1.54) is 0 Å². The summed E-state index contributed by atoms with van der Waals surface area (Å²) in [4.78, 5) is 26.0. The average Bonchev–Trinajstić information content (AvgIpc) is 2.72. The minimum atomic E-state index is -0.0260. The Morgan fingerprint density at radius 2 is 2.10 bits per heavy atom. The van der Waals surface area contributed by atoms with Crippen molar-refractivity contribution in [2.24, 2.45) is 11.7 Å². The third kappa shape index (κ3) is 2.61. The number of hydrogen-bond acceptors (Lipinski definition) is 3. The Kier molecular flexibility index (Phi) is 4.23. The number of amides is 1. The van der Waals surface area contributed by atoms with Crippen LogP contribution in [-0.4, -0.2) is 24.3 Å². The number of carbonyl (C=O) groups excluding carboxylic acids is 2. The monoisotopic (exact) mass is 274 g/mol. The number of ketones is 1. The molecule has 1 unspecified atom stereocenters. The molecule has 1 atom stereocenters. The number of carbonyl (C=O) groups is 2. The maximum Gasteiger partial charge on any atom is 0.229 e. The first-order valence-corrected chi connectivity index (χ1v) is 7.15. The van der Waals surface area contributed by atoms with Crippen LogP contribution in [0.4, 0.5) is 5.69 Å².